The Bertz CT molecular complexity index is 901. The lowest BCUT2D eigenvalue weighted by Crippen LogP contribution is -2.40. The molecule has 0 spiro atoms. The van der Waals surface area contributed by atoms with Gasteiger partial charge < -0.3 is 9.64 Å². The highest BCUT2D eigenvalue weighted by Crippen LogP contribution is 2.25. The van der Waals surface area contributed by atoms with Crippen molar-refractivity contribution in [1.29, 1.82) is 0 Å². The molecule has 2 aromatic rings. The van der Waals surface area contributed by atoms with Crippen LogP contribution in [0.15, 0.2) is 17.1 Å². The molecule has 26 heavy (non-hydrogen) atoms. The molecule has 1 aliphatic heterocycles. The number of likely N-dealkylation sites (tertiary alicyclic amines) is 1. The van der Waals surface area contributed by atoms with Gasteiger partial charge in [-0.05, 0) is 37.7 Å². The second-order valence-corrected chi connectivity index (χ2v) is 7.01. The number of aryl methyl sites for hydroxylation is 3. The first-order valence-electron chi connectivity index (χ1n) is 9.05. The maximum atomic E-state index is 13.0. The molecule has 2 aromatic heterocycles. The molecule has 0 N–H and O–H groups in total. The standard InChI is InChI=1S/C18H23N5O3/c1-21-11-14(17(20-21)26-2)18(25)22-8-4-6-13(22)10-23-16(24)9-12-5-3-7-15(12)19-23/h9,11,13H,3-8,10H2,1-2H3. The minimum absolute atomic E-state index is 0.0444. The van der Waals surface area contributed by atoms with Crippen LogP contribution in [0.3, 0.4) is 0 Å². The largest absolute Gasteiger partial charge is 0.479 e. The van der Waals surface area contributed by atoms with E-state index in [4.69, 9.17) is 4.74 Å². The summed E-state index contributed by atoms with van der Waals surface area (Å²) in [7, 11) is 3.27. The van der Waals surface area contributed by atoms with Crippen LogP contribution in [0.25, 0.3) is 0 Å². The number of hydrogen-bond acceptors (Lipinski definition) is 5. The SMILES string of the molecule is COc1nn(C)cc1C(=O)N1CCCC1Cn1nc2c(cc1=O)CCC2. The Kier molecular flexibility index (Phi) is 4.26. The van der Waals surface area contributed by atoms with Crippen molar-refractivity contribution in [2.24, 2.45) is 7.05 Å². The molecule has 1 unspecified atom stereocenters. The van der Waals surface area contributed by atoms with Crippen molar-refractivity contribution < 1.29 is 9.53 Å². The zero-order chi connectivity index (χ0) is 18.3. The predicted octanol–water partition coefficient (Wildman–Crippen LogP) is 0.779. The van der Waals surface area contributed by atoms with Crippen molar-refractivity contribution in [2.75, 3.05) is 13.7 Å². The maximum Gasteiger partial charge on any atom is 0.267 e. The summed E-state index contributed by atoms with van der Waals surface area (Å²) < 4.78 is 8.32. The second kappa shape index (κ2) is 6.59. The smallest absolute Gasteiger partial charge is 0.267 e. The molecular formula is C18H23N5O3. The molecule has 3 heterocycles. The molecule has 0 radical (unpaired) electrons. The number of fused-ring (bicyclic) bond motifs is 1. The van der Waals surface area contributed by atoms with E-state index in [9.17, 15) is 9.59 Å². The Balaban J connectivity index is 1.57. The molecule has 1 atom stereocenters. The highest BCUT2D eigenvalue weighted by atomic mass is 16.5. The summed E-state index contributed by atoms with van der Waals surface area (Å²) in [5, 5.41) is 8.71. The zero-order valence-electron chi connectivity index (χ0n) is 15.1. The molecule has 8 heteroatoms. The van der Waals surface area contributed by atoms with E-state index in [-0.39, 0.29) is 17.5 Å². The summed E-state index contributed by atoms with van der Waals surface area (Å²) in [6.45, 7) is 1.10. The van der Waals surface area contributed by atoms with Gasteiger partial charge >= 0.3 is 0 Å². The van der Waals surface area contributed by atoms with E-state index >= 15 is 0 Å². The van der Waals surface area contributed by atoms with E-state index in [1.54, 1.807) is 24.0 Å². The number of aromatic nitrogens is 4. The molecule has 2 aliphatic rings. The zero-order valence-corrected chi connectivity index (χ0v) is 15.1. The van der Waals surface area contributed by atoms with E-state index in [1.807, 2.05) is 4.90 Å². The average Bonchev–Trinajstić information content (AvgIpc) is 3.34. The number of carbonyl (C=O) groups excluding carboxylic acids is 1. The predicted molar refractivity (Wildman–Crippen MR) is 94.3 cm³/mol. The lowest BCUT2D eigenvalue weighted by atomic mass is 10.2. The Hall–Kier alpha value is -2.64. The molecule has 138 valence electrons. The Morgan fingerprint density at radius 3 is 2.96 bits per heavy atom. The van der Waals surface area contributed by atoms with Crippen LogP contribution in [0, 0.1) is 0 Å². The molecule has 0 bridgehead atoms. The normalized spacial score (nSPS) is 19.0. The van der Waals surface area contributed by atoms with Gasteiger partial charge in [0.1, 0.15) is 5.56 Å². The number of methoxy groups -OCH3 is 1. The number of carbonyl (C=O) groups is 1. The van der Waals surface area contributed by atoms with Gasteiger partial charge in [0.25, 0.3) is 11.5 Å². The fourth-order valence-electron chi connectivity index (χ4n) is 3.98. The van der Waals surface area contributed by atoms with E-state index in [0.29, 0.717) is 24.5 Å². The first kappa shape index (κ1) is 16.8. The van der Waals surface area contributed by atoms with E-state index in [1.165, 1.54) is 11.8 Å². The van der Waals surface area contributed by atoms with Crippen LogP contribution in [0.1, 0.15) is 40.9 Å². The maximum absolute atomic E-state index is 13.0. The van der Waals surface area contributed by atoms with Crippen LogP contribution in [-0.2, 0) is 26.4 Å². The Morgan fingerprint density at radius 1 is 1.31 bits per heavy atom. The van der Waals surface area contributed by atoms with Gasteiger partial charge in [0.15, 0.2) is 0 Å². The van der Waals surface area contributed by atoms with Crippen molar-refractivity contribution >= 4 is 5.91 Å². The van der Waals surface area contributed by atoms with E-state index in [0.717, 1.165) is 43.4 Å². The van der Waals surface area contributed by atoms with Gasteiger partial charge in [0.2, 0.25) is 5.88 Å². The van der Waals surface area contributed by atoms with E-state index < -0.39 is 0 Å². The molecule has 0 saturated carbocycles. The van der Waals surface area contributed by atoms with Crippen molar-refractivity contribution in [2.45, 2.75) is 44.7 Å². The summed E-state index contributed by atoms with van der Waals surface area (Å²) in [5.74, 6) is 0.225. The summed E-state index contributed by atoms with van der Waals surface area (Å²) >= 11 is 0. The molecule has 8 nitrogen and oxygen atoms in total. The van der Waals surface area contributed by atoms with Crippen LogP contribution in [-0.4, -0.2) is 50.1 Å². The fourth-order valence-corrected chi connectivity index (χ4v) is 3.98. The first-order chi connectivity index (χ1) is 12.6. The Morgan fingerprint density at radius 2 is 2.15 bits per heavy atom. The number of ether oxygens (including phenoxy) is 1. The third-order valence-electron chi connectivity index (χ3n) is 5.26. The summed E-state index contributed by atoms with van der Waals surface area (Å²) in [6.07, 6.45) is 6.37. The summed E-state index contributed by atoms with van der Waals surface area (Å²) in [6, 6.07) is 1.66. The van der Waals surface area contributed by atoms with Gasteiger partial charge in [-0.3, -0.25) is 14.3 Å². The van der Waals surface area contributed by atoms with Gasteiger partial charge in [-0.1, -0.05) is 0 Å². The molecule has 1 saturated heterocycles. The lowest BCUT2D eigenvalue weighted by Gasteiger charge is -2.24. The minimum atomic E-state index is -0.105. The van der Waals surface area contributed by atoms with Gasteiger partial charge in [-0.2, -0.15) is 5.10 Å². The van der Waals surface area contributed by atoms with Crippen LogP contribution >= 0.6 is 0 Å². The number of rotatable bonds is 4. The number of amides is 1. The monoisotopic (exact) mass is 357 g/mol. The molecule has 1 amide bonds. The van der Waals surface area contributed by atoms with Gasteiger partial charge in [-0.15, -0.1) is 5.10 Å². The molecule has 0 aromatic carbocycles. The third kappa shape index (κ3) is 2.89. The van der Waals surface area contributed by atoms with Crippen LogP contribution < -0.4 is 10.3 Å². The van der Waals surface area contributed by atoms with Gasteiger partial charge in [0, 0.05) is 25.9 Å². The van der Waals surface area contributed by atoms with Crippen molar-refractivity contribution in [3.8, 4) is 5.88 Å². The summed E-state index contributed by atoms with van der Waals surface area (Å²) in [5.41, 5.74) is 2.47. The van der Waals surface area contributed by atoms with Crippen molar-refractivity contribution in [3.05, 3.63) is 39.4 Å². The van der Waals surface area contributed by atoms with Gasteiger partial charge in [-0.25, -0.2) is 4.68 Å². The number of nitrogens with zero attached hydrogens (tertiary/aromatic N) is 5. The summed E-state index contributed by atoms with van der Waals surface area (Å²) in [4.78, 5) is 27.2. The molecular weight excluding hydrogens is 334 g/mol. The number of hydrogen-bond donors (Lipinski definition) is 0. The highest BCUT2D eigenvalue weighted by Gasteiger charge is 2.33. The average molecular weight is 357 g/mol. The molecule has 1 aliphatic carbocycles. The minimum Gasteiger partial charge on any atom is -0.479 e. The van der Waals surface area contributed by atoms with Crippen LogP contribution in [0.2, 0.25) is 0 Å². The van der Waals surface area contributed by atoms with Crippen molar-refractivity contribution in [3.63, 3.8) is 0 Å². The molecule has 4 rings (SSSR count). The third-order valence-corrected chi connectivity index (χ3v) is 5.26. The topological polar surface area (TPSA) is 82.2 Å². The van der Waals surface area contributed by atoms with Crippen LogP contribution in [0.4, 0.5) is 0 Å². The fraction of sp³-hybridized carbons (Fsp3) is 0.556. The molecule has 1 fully saturated rings. The van der Waals surface area contributed by atoms with Crippen molar-refractivity contribution in [1.82, 2.24) is 24.5 Å². The van der Waals surface area contributed by atoms with Crippen LogP contribution in [0.5, 0.6) is 5.88 Å². The van der Waals surface area contributed by atoms with Gasteiger partial charge in [0.05, 0.1) is 25.4 Å². The second-order valence-electron chi connectivity index (χ2n) is 7.01. The lowest BCUT2D eigenvalue weighted by molar-refractivity contribution is 0.0717. The Labute approximate surface area is 151 Å². The quantitative estimate of drug-likeness (QED) is 0.808. The van der Waals surface area contributed by atoms with E-state index in [2.05, 4.69) is 10.2 Å². The first-order valence-corrected chi connectivity index (χ1v) is 9.05. The highest BCUT2D eigenvalue weighted by molar-refractivity contribution is 5.96.